The van der Waals surface area contributed by atoms with Crippen molar-refractivity contribution >= 4 is 29.9 Å². The molecule has 1 fully saturated rings. The summed E-state index contributed by atoms with van der Waals surface area (Å²) in [6, 6.07) is 3.98. The highest BCUT2D eigenvalue weighted by Crippen LogP contribution is 2.34. The van der Waals surface area contributed by atoms with Crippen molar-refractivity contribution in [2.24, 2.45) is 4.99 Å². The van der Waals surface area contributed by atoms with Crippen LogP contribution >= 0.6 is 24.0 Å². The van der Waals surface area contributed by atoms with E-state index in [0.717, 1.165) is 38.4 Å². The number of nitrogens with zero attached hydrogens (tertiary/aromatic N) is 2. The molecule has 1 heterocycles. The number of hydrogen-bond acceptors (Lipinski definition) is 4. The van der Waals surface area contributed by atoms with Crippen LogP contribution in [0, 0.1) is 0 Å². The molecule has 0 atom stereocenters. The van der Waals surface area contributed by atoms with Crippen LogP contribution in [0.5, 0.6) is 5.75 Å². The summed E-state index contributed by atoms with van der Waals surface area (Å²) in [6.45, 7) is 2.86. The van der Waals surface area contributed by atoms with Gasteiger partial charge in [-0.2, -0.15) is 13.2 Å². The second-order valence-electron chi connectivity index (χ2n) is 6.83. The van der Waals surface area contributed by atoms with E-state index >= 15 is 0 Å². The third kappa shape index (κ3) is 8.10. The van der Waals surface area contributed by atoms with Gasteiger partial charge in [0.05, 0.1) is 18.8 Å². The van der Waals surface area contributed by atoms with Crippen molar-refractivity contribution in [3.8, 4) is 5.75 Å². The van der Waals surface area contributed by atoms with Crippen molar-refractivity contribution < 1.29 is 27.4 Å². The van der Waals surface area contributed by atoms with Crippen molar-refractivity contribution in [3.05, 3.63) is 29.3 Å². The van der Waals surface area contributed by atoms with Gasteiger partial charge in [-0.05, 0) is 37.0 Å². The van der Waals surface area contributed by atoms with Crippen molar-refractivity contribution in [1.29, 1.82) is 0 Å². The summed E-state index contributed by atoms with van der Waals surface area (Å²) in [5.74, 6) is 0.768. The Labute approximate surface area is 193 Å². The van der Waals surface area contributed by atoms with Gasteiger partial charge in [0.25, 0.3) is 0 Å². The van der Waals surface area contributed by atoms with Crippen molar-refractivity contribution in [3.63, 3.8) is 0 Å². The minimum atomic E-state index is -4.45. The van der Waals surface area contributed by atoms with Gasteiger partial charge in [0.2, 0.25) is 0 Å². The third-order valence-electron chi connectivity index (χ3n) is 4.86. The van der Waals surface area contributed by atoms with Crippen LogP contribution in [-0.4, -0.2) is 64.5 Å². The molecule has 1 N–H and O–H groups in total. The number of guanidine groups is 1. The maximum Gasteiger partial charge on any atom is 0.416 e. The van der Waals surface area contributed by atoms with Crippen LogP contribution in [0.15, 0.2) is 23.2 Å². The Morgan fingerprint density at radius 3 is 2.47 bits per heavy atom. The maximum atomic E-state index is 13.4. The lowest BCUT2D eigenvalue weighted by atomic mass is 10.1. The zero-order valence-corrected chi connectivity index (χ0v) is 20.0. The smallest absolute Gasteiger partial charge is 0.416 e. The number of piperidine rings is 1. The summed E-state index contributed by atoms with van der Waals surface area (Å²) in [7, 11) is 4.65. The largest absolute Gasteiger partial charge is 0.497 e. The number of rotatable bonds is 8. The molecular formula is C20H31F3IN3O3. The van der Waals surface area contributed by atoms with E-state index in [4.69, 9.17) is 14.2 Å². The summed E-state index contributed by atoms with van der Waals surface area (Å²) >= 11 is 0. The maximum absolute atomic E-state index is 13.4. The predicted octanol–water partition coefficient (Wildman–Crippen LogP) is 3.92. The summed E-state index contributed by atoms with van der Waals surface area (Å²) in [6.07, 6.45) is -1.69. The van der Waals surface area contributed by atoms with Crippen molar-refractivity contribution in [2.75, 3.05) is 47.6 Å². The zero-order chi connectivity index (χ0) is 21.3. The zero-order valence-electron chi connectivity index (χ0n) is 17.6. The number of hydrogen-bond donors (Lipinski definition) is 1. The molecule has 1 aliphatic heterocycles. The highest BCUT2D eigenvalue weighted by Gasteiger charge is 2.34. The highest BCUT2D eigenvalue weighted by molar-refractivity contribution is 14.0. The SMILES string of the molecule is CN=C(NCc1ccc(OC)cc1C(F)(F)F)N1CCC(OCCCOC)CC1.I. The molecule has 0 radical (unpaired) electrons. The van der Waals surface area contributed by atoms with Gasteiger partial charge in [-0.1, -0.05) is 6.07 Å². The van der Waals surface area contributed by atoms with E-state index in [9.17, 15) is 13.2 Å². The fourth-order valence-electron chi connectivity index (χ4n) is 3.29. The molecule has 0 amide bonds. The van der Waals surface area contributed by atoms with Gasteiger partial charge in [-0.25, -0.2) is 0 Å². The monoisotopic (exact) mass is 545 g/mol. The van der Waals surface area contributed by atoms with Crippen molar-refractivity contribution in [1.82, 2.24) is 10.2 Å². The minimum Gasteiger partial charge on any atom is -0.497 e. The van der Waals surface area contributed by atoms with Gasteiger partial charge in [-0.3, -0.25) is 4.99 Å². The highest BCUT2D eigenvalue weighted by atomic mass is 127. The lowest BCUT2D eigenvalue weighted by molar-refractivity contribution is -0.138. The molecule has 0 unspecified atom stereocenters. The van der Waals surface area contributed by atoms with Gasteiger partial charge < -0.3 is 24.4 Å². The fourth-order valence-corrected chi connectivity index (χ4v) is 3.29. The first-order chi connectivity index (χ1) is 13.9. The summed E-state index contributed by atoms with van der Waals surface area (Å²) in [5.41, 5.74) is -0.557. The van der Waals surface area contributed by atoms with Crippen LogP contribution in [0.4, 0.5) is 13.2 Å². The van der Waals surface area contributed by atoms with Crippen LogP contribution < -0.4 is 10.1 Å². The Hall–Kier alpha value is -1.27. The number of methoxy groups -OCH3 is 2. The normalized spacial score (nSPS) is 15.7. The van der Waals surface area contributed by atoms with Crippen LogP contribution in [0.1, 0.15) is 30.4 Å². The Balaban J connectivity index is 0.00000450. The van der Waals surface area contributed by atoms with E-state index < -0.39 is 11.7 Å². The molecule has 0 aliphatic carbocycles. The summed E-state index contributed by atoms with van der Waals surface area (Å²) in [4.78, 5) is 6.28. The Morgan fingerprint density at radius 2 is 1.90 bits per heavy atom. The molecule has 2 rings (SSSR count). The predicted molar refractivity (Wildman–Crippen MR) is 121 cm³/mol. The molecular weight excluding hydrogens is 514 g/mol. The first-order valence-electron chi connectivity index (χ1n) is 9.69. The topological polar surface area (TPSA) is 55.3 Å². The Bertz CT molecular complexity index is 666. The molecule has 1 aliphatic rings. The van der Waals surface area contributed by atoms with E-state index in [1.807, 2.05) is 4.90 Å². The van der Waals surface area contributed by atoms with E-state index in [0.29, 0.717) is 19.2 Å². The van der Waals surface area contributed by atoms with E-state index in [1.165, 1.54) is 19.2 Å². The van der Waals surface area contributed by atoms with E-state index in [-0.39, 0.29) is 47.9 Å². The number of nitrogens with one attached hydrogen (secondary N) is 1. The third-order valence-corrected chi connectivity index (χ3v) is 4.86. The molecule has 0 aromatic heterocycles. The Kier molecular flexibility index (Phi) is 11.8. The number of aliphatic imine (C=N–C) groups is 1. The Morgan fingerprint density at radius 1 is 1.20 bits per heavy atom. The van der Waals surface area contributed by atoms with E-state index in [1.54, 1.807) is 14.2 Å². The average molecular weight is 545 g/mol. The number of benzene rings is 1. The number of likely N-dealkylation sites (tertiary alicyclic amines) is 1. The second kappa shape index (κ2) is 13.2. The van der Waals surface area contributed by atoms with Crippen LogP contribution in [-0.2, 0) is 22.2 Å². The minimum absolute atomic E-state index is 0. The molecule has 0 bridgehead atoms. The standard InChI is InChI=1S/C20H30F3N3O3.HI/c1-24-19(26-9-7-16(8-10-26)29-12-4-11-27-2)25-14-15-5-6-17(28-3)13-18(15)20(21,22)23;/h5-6,13,16H,4,7-12,14H2,1-3H3,(H,24,25);1H. The quantitative estimate of drug-likeness (QED) is 0.232. The molecule has 1 aromatic rings. The summed E-state index contributed by atoms with van der Waals surface area (Å²) < 4.78 is 55.9. The van der Waals surface area contributed by atoms with Gasteiger partial charge in [-0.15, -0.1) is 24.0 Å². The van der Waals surface area contributed by atoms with Gasteiger partial charge >= 0.3 is 6.18 Å². The van der Waals surface area contributed by atoms with Gasteiger partial charge in [0.15, 0.2) is 5.96 Å². The number of ether oxygens (including phenoxy) is 3. The van der Waals surface area contributed by atoms with Crippen molar-refractivity contribution in [2.45, 2.75) is 38.1 Å². The molecule has 0 spiro atoms. The second-order valence-corrected chi connectivity index (χ2v) is 6.83. The first-order valence-corrected chi connectivity index (χ1v) is 9.69. The fraction of sp³-hybridized carbons (Fsp3) is 0.650. The lowest BCUT2D eigenvalue weighted by Crippen LogP contribution is -2.46. The molecule has 1 aromatic carbocycles. The molecule has 10 heteroatoms. The molecule has 172 valence electrons. The number of halogens is 4. The number of alkyl halides is 3. The molecule has 0 saturated carbocycles. The molecule has 30 heavy (non-hydrogen) atoms. The lowest BCUT2D eigenvalue weighted by Gasteiger charge is -2.34. The first kappa shape index (κ1) is 26.8. The van der Waals surface area contributed by atoms with Crippen LogP contribution in [0.3, 0.4) is 0 Å². The van der Waals surface area contributed by atoms with Crippen LogP contribution in [0.25, 0.3) is 0 Å². The van der Waals surface area contributed by atoms with E-state index in [2.05, 4.69) is 10.3 Å². The van der Waals surface area contributed by atoms with Gasteiger partial charge in [0.1, 0.15) is 5.75 Å². The van der Waals surface area contributed by atoms with Gasteiger partial charge in [0, 0.05) is 47.0 Å². The molecule has 6 nitrogen and oxygen atoms in total. The van der Waals surface area contributed by atoms with Crippen LogP contribution in [0.2, 0.25) is 0 Å². The summed E-state index contributed by atoms with van der Waals surface area (Å²) in [5, 5.41) is 3.06. The average Bonchev–Trinajstić information content (AvgIpc) is 2.72. The molecule has 1 saturated heterocycles.